The molecular weight excluding hydrogens is 405 g/mol. The van der Waals surface area contributed by atoms with Gasteiger partial charge in [0.25, 0.3) is 0 Å². The quantitative estimate of drug-likeness (QED) is 0.792. The molecule has 0 radical (unpaired) electrons. The van der Waals surface area contributed by atoms with Crippen LogP contribution in [-0.2, 0) is 10.0 Å². The van der Waals surface area contributed by atoms with Crippen molar-refractivity contribution in [1.82, 2.24) is 10.0 Å². The molecule has 1 saturated heterocycles. The van der Waals surface area contributed by atoms with Crippen molar-refractivity contribution in [2.24, 2.45) is 0 Å². The van der Waals surface area contributed by atoms with E-state index in [9.17, 15) is 17.2 Å². The molecule has 2 atom stereocenters. The van der Waals surface area contributed by atoms with E-state index in [0.717, 1.165) is 12.1 Å². The molecule has 4 nitrogen and oxygen atoms in total. The summed E-state index contributed by atoms with van der Waals surface area (Å²) in [4.78, 5) is -0.00808. The van der Waals surface area contributed by atoms with E-state index in [1.54, 1.807) is 12.1 Å². The van der Waals surface area contributed by atoms with Gasteiger partial charge in [0, 0.05) is 18.5 Å². The first-order valence-electron chi connectivity index (χ1n) is 7.81. The molecule has 3 rings (SSSR count). The molecule has 1 aliphatic rings. The van der Waals surface area contributed by atoms with Gasteiger partial charge < -0.3 is 5.32 Å². The number of rotatable bonds is 4. The predicted molar refractivity (Wildman–Crippen MR) is 99.4 cm³/mol. The standard InChI is InChI=1S/C17H17ClF2N2O2S.ClH/c18-13-3-1-2-4-17(13)25(23,24)22-16-10-21-8-7-12(16)11-5-6-14(19)15(20)9-11;/h1-6,9,12,16,21-22H,7-8,10H2;1H. The zero-order valence-corrected chi connectivity index (χ0v) is 16.0. The SMILES string of the molecule is Cl.O=S(=O)(NC1CNCCC1c1ccc(F)c(F)c1)c1ccccc1Cl. The lowest BCUT2D eigenvalue weighted by atomic mass is 9.86. The first-order valence-corrected chi connectivity index (χ1v) is 9.67. The van der Waals surface area contributed by atoms with E-state index >= 15 is 0 Å². The van der Waals surface area contributed by atoms with Crippen LogP contribution in [0.2, 0.25) is 5.02 Å². The van der Waals surface area contributed by atoms with Crippen molar-refractivity contribution in [3.8, 4) is 0 Å². The molecule has 2 unspecified atom stereocenters. The van der Waals surface area contributed by atoms with E-state index in [4.69, 9.17) is 11.6 Å². The van der Waals surface area contributed by atoms with Crippen LogP contribution in [0.4, 0.5) is 8.78 Å². The van der Waals surface area contributed by atoms with E-state index < -0.39 is 27.7 Å². The minimum atomic E-state index is -3.84. The van der Waals surface area contributed by atoms with Crippen LogP contribution in [0.25, 0.3) is 0 Å². The van der Waals surface area contributed by atoms with Gasteiger partial charge in [0.15, 0.2) is 11.6 Å². The Morgan fingerprint density at radius 1 is 1.12 bits per heavy atom. The van der Waals surface area contributed by atoms with E-state index in [-0.39, 0.29) is 28.2 Å². The molecule has 2 N–H and O–H groups in total. The normalized spacial score (nSPS) is 20.4. The third-order valence-corrected chi connectivity index (χ3v) is 6.28. The molecule has 0 bridgehead atoms. The van der Waals surface area contributed by atoms with Crippen molar-refractivity contribution in [2.75, 3.05) is 13.1 Å². The van der Waals surface area contributed by atoms with Gasteiger partial charge in [-0.15, -0.1) is 12.4 Å². The van der Waals surface area contributed by atoms with E-state index in [1.165, 1.54) is 18.2 Å². The Hall–Kier alpha value is -1.25. The first kappa shape index (κ1) is 21.1. The smallest absolute Gasteiger partial charge is 0.242 e. The Kier molecular flexibility index (Phi) is 6.99. The summed E-state index contributed by atoms with van der Waals surface area (Å²) in [5.41, 5.74) is 0.562. The molecule has 0 spiro atoms. The van der Waals surface area contributed by atoms with Crippen LogP contribution in [0.5, 0.6) is 0 Å². The zero-order chi connectivity index (χ0) is 18.0. The molecule has 2 aromatic rings. The Bertz CT molecular complexity index is 881. The van der Waals surface area contributed by atoms with Crippen molar-refractivity contribution in [3.63, 3.8) is 0 Å². The molecule has 1 aliphatic heterocycles. The molecule has 0 aliphatic carbocycles. The van der Waals surface area contributed by atoms with E-state index in [2.05, 4.69) is 10.0 Å². The Morgan fingerprint density at radius 2 is 1.85 bits per heavy atom. The number of piperidine rings is 1. The molecule has 2 aromatic carbocycles. The maximum Gasteiger partial charge on any atom is 0.242 e. The summed E-state index contributed by atoms with van der Waals surface area (Å²) in [6.07, 6.45) is 0.598. The number of hydrogen-bond donors (Lipinski definition) is 2. The third kappa shape index (κ3) is 4.53. The first-order chi connectivity index (χ1) is 11.9. The molecular formula is C17H18Cl2F2N2O2S. The van der Waals surface area contributed by atoms with Crippen LogP contribution < -0.4 is 10.0 Å². The monoisotopic (exact) mass is 422 g/mol. The van der Waals surface area contributed by atoms with Crippen LogP contribution in [-0.4, -0.2) is 27.5 Å². The maximum absolute atomic E-state index is 13.6. The molecule has 0 aromatic heterocycles. The number of halogens is 4. The summed E-state index contributed by atoms with van der Waals surface area (Å²) >= 11 is 5.99. The second kappa shape index (κ2) is 8.63. The topological polar surface area (TPSA) is 58.2 Å². The zero-order valence-electron chi connectivity index (χ0n) is 13.6. The lowest BCUT2D eigenvalue weighted by molar-refractivity contribution is 0.376. The van der Waals surface area contributed by atoms with Crippen LogP contribution in [0, 0.1) is 11.6 Å². The molecule has 0 amide bonds. The average molecular weight is 423 g/mol. The highest BCUT2D eigenvalue weighted by Crippen LogP contribution is 2.29. The van der Waals surface area contributed by atoms with Gasteiger partial charge in [-0.1, -0.05) is 29.8 Å². The summed E-state index contributed by atoms with van der Waals surface area (Å²) in [7, 11) is -3.84. The summed E-state index contributed by atoms with van der Waals surface area (Å²) in [6.45, 7) is 1.04. The largest absolute Gasteiger partial charge is 0.315 e. The fourth-order valence-electron chi connectivity index (χ4n) is 3.05. The second-order valence-corrected chi connectivity index (χ2v) is 8.02. The highest BCUT2D eigenvalue weighted by Gasteiger charge is 2.31. The summed E-state index contributed by atoms with van der Waals surface area (Å²) in [5, 5.41) is 3.25. The summed E-state index contributed by atoms with van der Waals surface area (Å²) in [6, 6.07) is 9.34. The van der Waals surface area contributed by atoms with Crippen LogP contribution in [0.3, 0.4) is 0 Å². The third-order valence-electron chi connectivity index (χ3n) is 4.29. The Morgan fingerprint density at radius 3 is 2.54 bits per heavy atom. The molecule has 26 heavy (non-hydrogen) atoms. The lowest BCUT2D eigenvalue weighted by Gasteiger charge is -2.33. The van der Waals surface area contributed by atoms with Gasteiger partial charge in [0.2, 0.25) is 10.0 Å². The van der Waals surface area contributed by atoms with E-state index in [0.29, 0.717) is 25.1 Å². The van der Waals surface area contributed by atoms with Crippen molar-refractivity contribution < 1.29 is 17.2 Å². The van der Waals surface area contributed by atoms with Gasteiger partial charge >= 0.3 is 0 Å². The molecule has 1 heterocycles. The van der Waals surface area contributed by atoms with E-state index in [1.807, 2.05) is 0 Å². The second-order valence-electron chi connectivity index (χ2n) is 5.93. The molecule has 142 valence electrons. The van der Waals surface area contributed by atoms with Crippen LogP contribution >= 0.6 is 24.0 Å². The molecule has 9 heteroatoms. The Balaban J connectivity index is 0.00000243. The van der Waals surface area contributed by atoms with Crippen molar-refractivity contribution in [3.05, 3.63) is 64.7 Å². The molecule has 0 saturated carbocycles. The predicted octanol–water partition coefficient (Wildman–Crippen LogP) is 3.46. The van der Waals surface area contributed by atoms with Gasteiger partial charge in [-0.25, -0.2) is 21.9 Å². The van der Waals surface area contributed by atoms with Crippen molar-refractivity contribution >= 4 is 34.0 Å². The van der Waals surface area contributed by atoms with Gasteiger partial charge in [-0.05, 0) is 42.8 Å². The number of nitrogens with one attached hydrogen (secondary N) is 2. The van der Waals surface area contributed by atoms with Crippen LogP contribution in [0.15, 0.2) is 47.4 Å². The Labute approximate surface area is 162 Å². The highest BCUT2D eigenvalue weighted by atomic mass is 35.5. The van der Waals surface area contributed by atoms with Crippen molar-refractivity contribution in [2.45, 2.75) is 23.3 Å². The van der Waals surface area contributed by atoms with Gasteiger partial charge in [0.05, 0.1) is 5.02 Å². The van der Waals surface area contributed by atoms with Gasteiger partial charge in [-0.2, -0.15) is 0 Å². The number of hydrogen-bond acceptors (Lipinski definition) is 3. The summed E-state index contributed by atoms with van der Waals surface area (Å²) in [5.74, 6) is -2.14. The summed E-state index contributed by atoms with van der Waals surface area (Å²) < 4.78 is 54.7. The van der Waals surface area contributed by atoms with Gasteiger partial charge in [-0.3, -0.25) is 0 Å². The fourth-order valence-corrected chi connectivity index (χ4v) is 4.85. The van der Waals surface area contributed by atoms with Crippen molar-refractivity contribution in [1.29, 1.82) is 0 Å². The average Bonchev–Trinajstić information content (AvgIpc) is 2.58. The lowest BCUT2D eigenvalue weighted by Crippen LogP contribution is -2.49. The minimum Gasteiger partial charge on any atom is -0.315 e. The van der Waals surface area contributed by atoms with Gasteiger partial charge in [0.1, 0.15) is 4.90 Å². The maximum atomic E-state index is 13.6. The number of sulfonamides is 1. The minimum absolute atomic E-state index is 0. The number of benzene rings is 2. The fraction of sp³-hybridized carbons (Fsp3) is 0.294. The van der Waals surface area contributed by atoms with Crippen LogP contribution in [0.1, 0.15) is 17.9 Å². The highest BCUT2D eigenvalue weighted by molar-refractivity contribution is 7.89. The molecule has 1 fully saturated rings.